The van der Waals surface area contributed by atoms with E-state index in [9.17, 15) is 9.59 Å². The van der Waals surface area contributed by atoms with Gasteiger partial charge in [0.2, 0.25) is 11.8 Å². The topological polar surface area (TPSA) is 79.9 Å². The van der Waals surface area contributed by atoms with Gasteiger partial charge in [-0.05, 0) is 39.2 Å². The molecule has 0 unspecified atom stereocenters. The molecule has 2 N–H and O–H groups in total. The summed E-state index contributed by atoms with van der Waals surface area (Å²) in [6.07, 6.45) is 0.615. The fourth-order valence-corrected chi connectivity index (χ4v) is 1.93. The molecule has 0 fully saturated rings. The lowest BCUT2D eigenvalue weighted by molar-refractivity contribution is -0.126. The molecular formula is C16H25N3O4. The number of rotatable bonds is 9. The van der Waals surface area contributed by atoms with Gasteiger partial charge in [0.15, 0.2) is 0 Å². The summed E-state index contributed by atoms with van der Waals surface area (Å²) in [4.78, 5) is 25.7. The standard InChI is InChI=1S/C16H25N3O4/c1-19(2)9-5-8-17-15(20)11-16(21)18-13-7-6-12(22-3)10-14(13)23-4/h6-7,10H,5,8-9,11H2,1-4H3,(H,17,20)(H,18,21). The van der Waals surface area contributed by atoms with Crippen molar-refractivity contribution in [1.82, 2.24) is 10.2 Å². The van der Waals surface area contributed by atoms with E-state index in [-0.39, 0.29) is 12.3 Å². The number of nitrogens with zero attached hydrogens (tertiary/aromatic N) is 1. The normalized spacial score (nSPS) is 10.3. The van der Waals surface area contributed by atoms with Crippen molar-refractivity contribution in [2.24, 2.45) is 0 Å². The van der Waals surface area contributed by atoms with Crippen LogP contribution in [0.5, 0.6) is 11.5 Å². The van der Waals surface area contributed by atoms with Crippen LogP contribution in [0.3, 0.4) is 0 Å². The summed E-state index contributed by atoms with van der Waals surface area (Å²) in [7, 11) is 6.99. The average Bonchev–Trinajstić information content (AvgIpc) is 2.51. The van der Waals surface area contributed by atoms with Crippen LogP contribution in [0.4, 0.5) is 5.69 Å². The van der Waals surface area contributed by atoms with Gasteiger partial charge in [-0.3, -0.25) is 9.59 Å². The number of carbonyl (C=O) groups is 2. The van der Waals surface area contributed by atoms with Gasteiger partial charge in [0.05, 0.1) is 19.9 Å². The minimum atomic E-state index is -0.390. The molecule has 23 heavy (non-hydrogen) atoms. The summed E-state index contributed by atoms with van der Waals surface area (Å²) in [5, 5.41) is 5.39. The third kappa shape index (κ3) is 7.01. The zero-order valence-electron chi connectivity index (χ0n) is 14.1. The van der Waals surface area contributed by atoms with Gasteiger partial charge in [0, 0.05) is 12.6 Å². The molecule has 0 saturated heterocycles. The quantitative estimate of drug-likeness (QED) is 0.525. The van der Waals surface area contributed by atoms with Gasteiger partial charge in [-0.25, -0.2) is 0 Å². The maximum absolute atomic E-state index is 11.9. The SMILES string of the molecule is COc1ccc(NC(=O)CC(=O)NCCCN(C)C)c(OC)c1. The van der Waals surface area contributed by atoms with Crippen LogP contribution in [0.15, 0.2) is 18.2 Å². The Morgan fingerprint density at radius 3 is 2.48 bits per heavy atom. The monoisotopic (exact) mass is 323 g/mol. The molecule has 0 aliphatic carbocycles. The van der Waals surface area contributed by atoms with Crippen LogP contribution in [0.1, 0.15) is 12.8 Å². The summed E-state index contributed by atoms with van der Waals surface area (Å²) in [5.74, 6) is 0.412. The Bertz CT molecular complexity index is 532. The molecule has 7 nitrogen and oxygen atoms in total. The zero-order valence-corrected chi connectivity index (χ0v) is 14.1. The Hall–Kier alpha value is -2.28. The largest absolute Gasteiger partial charge is 0.497 e. The highest BCUT2D eigenvalue weighted by Gasteiger charge is 2.12. The number of methoxy groups -OCH3 is 2. The second-order valence-corrected chi connectivity index (χ2v) is 5.30. The fraction of sp³-hybridized carbons (Fsp3) is 0.500. The Morgan fingerprint density at radius 1 is 1.13 bits per heavy atom. The first-order valence-electron chi connectivity index (χ1n) is 7.39. The minimum Gasteiger partial charge on any atom is -0.497 e. The molecule has 0 aliphatic heterocycles. The smallest absolute Gasteiger partial charge is 0.233 e. The van der Waals surface area contributed by atoms with Crippen molar-refractivity contribution < 1.29 is 19.1 Å². The Labute approximate surface area is 136 Å². The first-order valence-corrected chi connectivity index (χ1v) is 7.39. The number of ether oxygens (including phenoxy) is 2. The third-order valence-electron chi connectivity index (χ3n) is 3.11. The molecule has 0 heterocycles. The van der Waals surface area contributed by atoms with Gasteiger partial charge in [0.1, 0.15) is 17.9 Å². The molecule has 0 saturated carbocycles. The first-order chi connectivity index (χ1) is 11.0. The first kappa shape index (κ1) is 18.8. The van der Waals surface area contributed by atoms with E-state index in [1.165, 1.54) is 7.11 Å². The van der Waals surface area contributed by atoms with Crippen LogP contribution in [0.25, 0.3) is 0 Å². The molecule has 0 aromatic heterocycles. The van der Waals surface area contributed by atoms with E-state index < -0.39 is 5.91 Å². The minimum absolute atomic E-state index is 0.225. The maximum atomic E-state index is 11.9. The maximum Gasteiger partial charge on any atom is 0.233 e. The predicted molar refractivity (Wildman–Crippen MR) is 89.0 cm³/mol. The molecule has 1 aromatic rings. The Morgan fingerprint density at radius 2 is 1.87 bits per heavy atom. The average molecular weight is 323 g/mol. The van der Waals surface area contributed by atoms with Crippen LogP contribution >= 0.6 is 0 Å². The third-order valence-corrected chi connectivity index (χ3v) is 3.11. The molecule has 7 heteroatoms. The van der Waals surface area contributed by atoms with Crippen molar-refractivity contribution in [1.29, 1.82) is 0 Å². The lowest BCUT2D eigenvalue weighted by Gasteiger charge is -2.12. The molecule has 1 aromatic carbocycles. The van der Waals surface area contributed by atoms with Crippen LogP contribution in [0.2, 0.25) is 0 Å². The van der Waals surface area contributed by atoms with Gasteiger partial charge in [-0.2, -0.15) is 0 Å². The molecule has 0 bridgehead atoms. The zero-order chi connectivity index (χ0) is 17.2. The summed E-state index contributed by atoms with van der Waals surface area (Å²) in [5.41, 5.74) is 0.499. The molecule has 1 rings (SSSR count). The van der Waals surface area contributed by atoms with E-state index in [0.29, 0.717) is 23.7 Å². The van der Waals surface area contributed by atoms with Crippen molar-refractivity contribution in [3.05, 3.63) is 18.2 Å². The molecule has 2 amide bonds. The summed E-state index contributed by atoms with van der Waals surface area (Å²) in [6.45, 7) is 1.44. The Balaban J connectivity index is 2.45. The summed E-state index contributed by atoms with van der Waals surface area (Å²) >= 11 is 0. The van der Waals surface area contributed by atoms with E-state index in [1.54, 1.807) is 25.3 Å². The van der Waals surface area contributed by atoms with E-state index in [2.05, 4.69) is 10.6 Å². The van der Waals surface area contributed by atoms with Crippen LogP contribution < -0.4 is 20.1 Å². The van der Waals surface area contributed by atoms with E-state index >= 15 is 0 Å². The van der Waals surface area contributed by atoms with E-state index in [4.69, 9.17) is 9.47 Å². The van der Waals surface area contributed by atoms with Gasteiger partial charge in [0.25, 0.3) is 0 Å². The highest BCUT2D eigenvalue weighted by molar-refractivity contribution is 6.04. The van der Waals surface area contributed by atoms with Gasteiger partial charge in [-0.15, -0.1) is 0 Å². The number of carbonyl (C=O) groups excluding carboxylic acids is 2. The second-order valence-electron chi connectivity index (χ2n) is 5.30. The Kier molecular flexibility index (Phi) is 7.90. The fourth-order valence-electron chi connectivity index (χ4n) is 1.93. The van der Waals surface area contributed by atoms with Crippen molar-refractivity contribution in [3.8, 4) is 11.5 Å². The predicted octanol–water partition coefficient (Wildman–Crippen LogP) is 1.10. The van der Waals surface area contributed by atoms with Crippen molar-refractivity contribution in [3.63, 3.8) is 0 Å². The van der Waals surface area contributed by atoms with Crippen LogP contribution in [-0.4, -0.2) is 58.1 Å². The molecule has 0 radical (unpaired) electrons. The number of amides is 2. The summed E-state index contributed by atoms with van der Waals surface area (Å²) in [6, 6.07) is 5.04. The van der Waals surface area contributed by atoms with Crippen LogP contribution in [-0.2, 0) is 9.59 Å². The highest BCUT2D eigenvalue weighted by Crippen LogP contribution is 2.28. The van der Waals surface area contributed by atoms with E-state index in [1.807, 2.05) is 19.0 Å². The summed E-state index contributed by atoms with van der Waals surface area (Å²) < 4.78 is 10.3. The molecule has 0 spiro atoms. The van der Waals surface area contributed by atoms with E-state index in [0.717, 1.165) is 13.0 Å². The van der Waals surface area contributed by atoms with Gasteiger partial charge in [-0.1, -0.05) is 0 Å². The highest BCUT2D eigenvalue weighted by atomic mass is 16.5. The van der Waals surface area contributed by atoms with Gasteiger partial charge >= 0.3 is 0 Å². The van der Waals surface area contributed by atoms with Crippen molar-refractivity contribution in [2.75, 3.05) is 46.7 Å². The number of benzene rings is 1. The number of anilines is 1. The molecule has 0 aliphatic rings. The second kappa shape index (κ2) is 9.68. The van der Waals surface area contributed by atoms with Crippen LogP contribution in [0, 0.1) is 0 Å². The molecular weight excluding hydrogens is 298 g/mol. The lowest BCUT2D eigenvalue weighted by atomic mass is 10.2. The number of hydrogen-bond acceptors (Lipinski definition) is 5. The van der Waals surface area contributed by atoms with Crippen molar-refractivity contribution >= 4 is 17.5 Å². The van der Waals surface area contributed by atoms with Crippen molar-refractivity contribution in [2.45, 2.75) is 12.8 Å². The molecule has 0 atom stereocenters. The lowest BCUT2D eigenvalue weighted by Crippen LogP contribution is -2.30. The number of hydrogen-bond donors (Lipinski definition) is 2. The number of nitrogens with one attached hydrogen (secondary N) is 2. The molecule has 128 valence electrons. The van der Waals surface area contributed by atoms with Gasteiger partial charge < -0.3 is 25.0 Å².